The maximum absolute atomic E-state index is 12.3. The monoisotopic (exact) mass is 341 g/mol. The van der Waals surface area contributed by atoms with Gasteiger partial charge in [-0.05, 0) is 31.5 Å². The number of carbonyl (C=O) groups excluding carboxylic acids is 1. The molecule has 1 aromatic carbocycles. The van der Waals surface area contributed by atoms with E-state index in [0.717, 1.165) is 5.56 Å². The minimum Gasteiger partial charge on any atom is -0.339 e. The third-order valence-electron chi connectivity index (χ3n) is 3.51. The molecule has 118 valence electrons. The van der Waals surface area contributed by atoms with Gasteiger partial charge in [0.05, 0.1) is 6.04 Å². The Labute approximate surface area is 139 Å². The van der Waals surface area contributed by atoms with E-state index in [1.165, 1.54) is 0 Å². The van der Waals surface area contributed by atoms with Gasteiger partial charge in [-0.3, -0.25) is 4.79 Å². The van der Waals surface area contributed by atoms with Crippen molar-refractivity contribution in [3.63, 3.8) is 0 Å². The number of rotatable bonds is 5. The van der Waals surface area contributed by atoms with Crippen LogP contribution in [0, 0.1) is 6.92 Å². The Morgan fingerprint density at radius 1 is 1.41 bits per heavy atom. The van der Waals surface area contributed by atoms with Crippen LogP contribution in [-0.4, -0.2) is 28.0 Å². The first-order valence-corrected chi connectivity index (χ1v) is 7.64. The number of hydrogen-bond donors (Lipinski definition) is 0. The molecule has 0 radical (unpaired) electrons. The van der Waals surface area contributed by atoms with Crippen molar-refractivity contribution in [1.82, 2.24) is 15.0 Å². The summed E-state index contributed by atoms with van der Waals surface area (Å²) >= 11 is 12.1. The molecule has 7 heteroatoms. The molecule has 1 atom stereocenters. The fourth-order valence-corrected chi connectivity index (χ4v) is 2.66. The summed E-state index contributed by atoms with van der Waals surface area (Å²) in [6, 6.07) is 5.12. The van der Waals surface area contributed by atoms with Crippen molar-refractivity contribution >= 4 is 29.1 Å². The van der Waals surface area contributed by atoms with Gasteiger partial charge in [0, 0.05) is 29.9 Å². The zero-order valence-corrected chi connectivity index (χ0v) is 14.1. The number of nitrogens with zero attached hydrogens (tertiary/aromatic N) is 3. The standard InChI is InChI=1S/C15H17Cl2N3O2/c1-9(12-5-4-11(16)8-13(12)17)20(3)15(21)7-6-14-18-10(2)19-22-14/h4-5,8-9H,6-7H2,1-3H3. The van der Waals surface area contributed by atoms with Crippen molar-refractivity contribution in [2.24, 2.45) is 0 Å². The van der Waals surface area contributed by atoms with Crippen LogP contribution < -0.4 is 0 Å². The van der Waals surface area contributed by atoms with Gasteiger partial charge in [0.2, 0.25) is 11.8 Å². The van der Waals surface area contributed by atoms with E-state index in [9.17, 15) is 4.79 Å². The number of benzene rings is 1. The number of aromatic nitrogens is 2. The van der Waals surface area contributed by atoms with Crippen LogP contribution in [0.3, 0.4) is 0 Å². The third kappa shape index (κ3) is 3.99. The largest absolute Gasteiger partial charge is 0.339 e. The van der Waals surface area contributed by atoms with Crippen LogP contribution in [0.4, 0.5) is 0 Å². The summed E-state index contributed by atoms with van der Waals surface area (Å²) < 4.78 is 5.00. The molecule has 0 N–H and O–H groups in total. The van der Waals surface area contributed by atoms with Crippen molar-refractivity contribution in [3.05, 3.63) is 45.5 Å². The number of halogens is 2. The van der Waals surface area contributed by atoms with Crippen LogP contribution in [0.25, 0.3) is 0 Å². The maximum atomic E-state index is 12.3. The van der Waals surface area contributed by atoms with Gasteiger partial charge in [0.25, 0.3) is 0 Å². The van der Waals surface area contributed by atoms with E-state index in [0.29, 0.717) is 34.6 Å². The average Bonchev–Trinajstić information content (AvgIpc) is 2.89. The van der Waals surface area contributed by atoms with Crippen molar-refractivity contribution < 1.29 is 9.32 Å². The predicted molar refractivity (Wildman–Crippen MR) is 85.0 cm³/mol. The van der Waals surface area contributed by atoms with E-state index in [1.807, 2.05) is 13.0 Å². The lowest BCUT2D eigenvalue weighted by molar-refractivity contribution is -0.131. The highest BCUT2D eigenvalue weighted by Gasteiger charge is 2.20. The summed E-state index contributed by atoms with van der Waals surface area (Å²) in [5.74, 6) is 1.02. The zero-order chi connectivity index (χ0) is 16.3. The second-order valence-electron chi connectivity index (χ2n) is 5.08. The topological polar surface area (TPSA) is 59.2 Å². The first kappa shape index (κ1) is 16.8. The number of aryl methyl sites for hydroxylation is 2. The second-order valence-corrected chi connectivity index (χ2v) is 5.93. The van der Waals surface area contributed by atoms with Gasteiger partial charge in [-0.1, -0.05) is 34.4 Å². The summed E-state index contributed by atoms with van der Waals surface area (Å²) in [6.45, 7) is 3.66. The van der Waals surface area contributed by atoms with Crippen LogP contribution in [0.2, 0.25) is 10.0 Å². The molecule has 0 spiro atoms. The van der Waals surface area contributed by atoms with Crippen molar-refractivity contribution in [2.45, 2.75) is 32.7 Å². The smallest absolute Gasteiger partial charge is 0.227 e. The molecular weight excluding hydrogens is 325 g/mol. The van der Waals surface area contributed by atoms with Gasteiger partial charge < -0.3 is 9.42 Å². The van der Waals surface area contributed by atoms with Crippen LogP contribution in [0.5, 0.6) is 0 Å². The Morgan fingerprint density at radius 3 is 2.73 bits per heavy atom. The Balaban J connectivity index is 1.99. The molecule has 0 aliphatic heterocycles. The molecule has 0 saturated heterocycles. The van der Waals surface area contributed by atoms with E-state index in [-0.39, 0.29) is 11.9 Å². The van der Waals surface area contributed by atoms with Crippen molar-refractivity contribution in [3.8, 4) is 0 Å². The SMILES string of the molecule is Cc1noc(CCC(=O)N(C)C(C)c2ccc(Cl)cc2Cl)n1. The fourth-order valence-electron chi connectivity index (χ4n) is 2.10. The van der Waals surface area contributed by atoms with Crippen LogP contribution in [0.1, 0.15) is 36.7 Å². The molecule has 0 saturated carbocycles. The average molecular weight is 342 g/mol. The molecule has 0 bridgehead atoms. The predicted octanol–water partition coefficient (Wildman–Crippen LogP) is 3.84. The molecule has 0 fully saturated rings. The highest BCUT2D eigenvalue weighted by atomic mass is 35.5. The van der Waals surface area contributed by atoms with Crippen molar-refractivity contribution in [1.29, 1.82) is 0 Å². The number of amides is 1. The molecule has 1 amide bonds. The van der Waals surface area contributed by atoms with E-state index in [4.69, 9.17) is 27.7 Å². The summed E-state index contributed by atoms with van der Waals surface area (Å²) in [7, 11) is 1.75. The van der Waals surface area contributed by atoms with Gasteiger partial charge in [-0.2, -0.15) is 4.98 Å². The molecule has 5 nitrogen and oxygen atoms in total. The molecule has 1 heterocycles. The van der Waals surface area contributed by atoms with Gasteiger partial charge in [-0.25, -0.2) is 0 Å². The van der Waals surface area contributed by atoms with E-state index >= 15 is 0 Å². The van der Waals surface area contributed by atoms with Crippen LogP contribution >= 0.6 is 23.2 Å². The minimum absolute atomic E-state index is 0.0191. The third-order valence-corrected chi connectivity index (χ3v) is 4.07. The molecule has 22 heavy (non-hydrogen) atoms. The maximum Gasteiger partial charge on any atom is 0.227 e. The van der Waals surface area contributed by atoms with Gasteiger partial charge in [0.1, 0.15) is 0 Å². The number of hydrogen-bond acceptors (Lipinski definition) is 4. The Kier molecular flexibility index (Phi) is 5.42. The molecule has 1 aromatic heterocycles. The Bertz CT molecular complexity index is 673. The van der Waals surface area contributed by atoms with Crippen LogP contribution in [0.15, 0.2) is 22.7 Å². The van der Waals surface area contributed by atoms with Gasteiger partial charge >= 0.3 is 0 Å². The lowest BCUT2D eigenvalue weighted by Gasteiger charge is -2.26. The summed E-state index contributed by atoms with van der Waals surface area (Å²) in [5, 5.41) is 4.82. The Hall–Kier alpha value is -1.59. The number of carbonyl (C=O) groups is 1. The molecule has 0 aliphatic rings. The van der Waals surface area contributed by atoms with Crippen molar-refractivity contribution in [2.75, 3.05) is 7.05 Å². The molecule has 2 rings (SSSR count). The normalized spacial score (nSPS) is 12.2. The summed E-state index contributed by atoms with van der Waals surface area (Å²) in [4.78, 5) is 18.0. The summed E-state index contributed by atoms with van der Waals surface area (Å²) in [5.41, 5.74) is 0.857. The van der Waals surface area contributed by atoms with E-state index in [2.05, 4.69) is 10.1 Å². The molecule has 1 unspecified atom stereocenters. The first-order chi connectivity index (χ1) is 10.4. The zero-order valence-electron chi connectivity index (χ0n) is 12.6. The quantitative estimate of drug-likeness (QED) is 0.828. The second kappa shape index (κ2) is 7.11. The van der Waals surface area contributed by atoms with E-state index in [1.54, 1.807) is 31.0 Å². The van der Waals surface area contributed by atoms with Gasteiger partial charge in [0.15, 0.2) is 5.82 Å². The first-order valence-electron chi connectivity index (χ1n) is 6.88. The minimum atomic E-state index is -0.151. The summed E-state index contributed by atoms with van der Waals surface area (Å²) in [6.07, 6.45) is 0.721. The molecule has 2 aromatic rings. The molecule has 0 aliphatic carbocycles. The van der Waals surface area contributed by atoms with Gasteiger partial charge in [-0.15, -0.1) is 0 Å². The fraction of sp³-hybridized carbons (Fsp3) is 0.400. The van der Waals surface area contributed by atoms with Crippen LogP contribution in [-0.2, 0) is 11.2 Å². The Morgan fingerprint density at radius 2 is 2.14 bits per heavy atom. The lowest BCUT2D eigenvalue weighted by Crippen LogP contribution is -2.30. The lowest BCUT2D eigenvalue weighted by atomic mass is 10.1. The van der Waals surface area contributed by atoms with E-state index < -0.39 is 0 Å². The molecular formula is C15H17Cl2N3O2. The highest BCUT2D eigenvalue weighted by molar-refractivity contribution is 6.35. The highest BCUT2D eigenvalue weighted by Crippen LogP contribution is 2.29.